The maximum Gasteiger partial charge on any atom is 0.404 e. The number of nitrogens with one attached hydrogen (secondary N) is 2. The van der Waals surface area contributed by atoms with Crippen molar-refractivity contribution in [3.63, 3.8) is 0 Å². The number of thioether (sulfide) groups is 1. The van der Waals surface area contributed by atoms with E-state index in [0.29, 0.717) is 12.1 Å². The fourth-order valence-corrected chi connectivity index (χ4v) is 2.26. The number of hydrogen-bond acceptors (Lipinski definition) is 4. The fourth-order valence-electron chi connectivity index (χ4n) is 1.82. The van der Waals surface area contributed by atoms with Gasteiger partial charge >= 0.3 is 6.09 Å². The summed E-state index contributed by atoms with van der Waals surface area (Å²) in [6.07, 6.45) is 10.7. The van der Waals surface area contributed by atoms with Gasteiger partial charge in [0, 0.05) is 41.1 Å². The number of carbonyl (C=O) groups excluding carboxylic acids is 1. The molecule has 0 spiro atoms. The molecule has 1 amide bonds. The van der Waals surface area contributed by atoms with Gasteiger partial charge in [0.15, 0.2) is 5.78 Å². The maximum absolute atomic E-state index is 11.4. The Hall–Kier alpha value is -1.95. The molecular weight excluding hydrogens is 400 g/mol. The van der Waals surface area contributed by atoms with Gasteiger partial charge in [-0.05, 0) is 49.6 Å². The Morgan fingerprint density at radius 1 is 1.19 bits per heavy atom. The second kappa shape index (κ2) is 14.2. The van der Waals surface area contributed by atoms with Crippen LogP contribution in [0.2, 0.25) is 0 Å². The Morgan fingerprint density at radius 3 is 2.42 bits per heavy atom. The number of benzene rings is 1. The monoisotopic (exact) mass is 423 g/mol. The number of ketones is 1. The maximum atomic E-state index is 11.4. The summed E-state index contributed by atoms with van der Waals surface area (Å²) in [5.74, 6) is 1.04. The molecule has 1 radical (unpaired) electrons. The predicted octanol–water partition coefficient (Wildman–Crippen LogP) is 3.99. The molecule has 1 aromatic carbocycles. The number of carbonyl (C=O) groups is 2. The Kier molecular flexibility index (Phi) is 13.2. The summed E-state index contributed by atoms with van der Waals surface area (Å²) >= 11 is 1.72. The molecule has 3 N–H and O–H groups in total. The minimum absolute atomic E-state index is 0. The van der Waals surface area contributed by atoms with Crippen LogP contribution in [0.25, 0.3) is 0 Å². The summed E-state index contributed by atoms with van der Waals surface area (Å²) in [6, 6.07) is 8.02. The van der Waals surface area contributed by atoms with E-state index < -0.39 is 6.09 Å². The molecule has 0 fully saturated rings. The van der Waals surface area contributed by atoms with Gasteiger partial charge in [0.05, 0.1) is 0 Å². The molecule has 7 heteroatoms. The normalized spacial score (nSPS) is 13.5. The molecule has 1 aliphatic carbocycles. The summed E-state index contributed by atoms with van der Waals surface area (Å²) in [7, 11) is 0. The second-order valence-corrected chi connectivity index (χ2v) is 6.26. The van der Waals surface area contributed by atoms with Crippen LogP contribution in [0.4, 0.5) is 10.5 Å². The molecule has 1 aliphatic rings. The number of carboxylic acid groups (broad SMARTS) is 1. The summed E-state index contributed by atoms with van der Waals surface area (Å²) < 4.78 is 0. The smallest absolute Gasteiger partial charge is 0.404 e. The van der Waals surface area contributed by atoms with Gasteiger partial charge in [-0.3, -0.25) is 4.79 Å². The van der Waals surface area contributed by atoms with Crippen molar-refractivity contribution in [1.29, 1.82) is 0 Å². The van der Waals surface area contributed by atoms with Crippen LogP contribution in [-0.2, 0) is 21.9 Å². The van der Waals surface area contributed by atoms with Crippen LogP contribution in [0.5, 0.6) is 0 Å². The molecule has 0 saturated heterocycles. The standard InChI is InChI=1S/C14H13NO.C5H11NO2S.Cu/c1-11-6-8-13(9-7-11)15-10-12-4-2-3-5-14(12)16;1-9-4-2-3-6-5(7)8;/h2-10,15H,1H3;6H,2-4H2,1H3,(H,7,8);/b12-10-;;. The molecule has 0 aliphatic heterocycles. The summed E-state index contributed by atoms with van der Waals surface area (Å²) in [6.45, 7) is 2.61. The zero-order valence-electron chi connectivity index (χ0n) is 14.8. The van der Waals surface area contributed by atoms with E-state index in [2.05, 4.69) is 10.6 Å². The molecule has 2 rings (SSSR count). The van der Waals surface area contributed by atoms with Crippen LogP contribution in [0.1, 0.15) is 12.0 Å². The van der Waals surface area contributed by atoms with E-state index in [4.69, 9.17) is 5.11 Å². The van der Waals surface area contributed by atoms with Gasteiger partial charge in [-0.2, -0.15) is 11.8 Å². The topological polar surface area (TPSA) is 78.4 Å². The van der Waals surface area contributed by atoms with Gasteiger partial charge in [0.1, 0.15) is 0 Å². The third-order valence-corrected chi connectivity index (χ3v) is 3.86. The molecule has 0 bridgehead atoms. The zero-order valence-corrected chi connectivity index (χ0v) is 16.5. The van der Waals surface area contributed by atoms with Crippen molar-refractivity contribution in [2.45, 2.75) is 13.3 Å². The molecule has 5 nitrogen and oxygen atoms in total. The first kappa shape index (κ1) is 24.0. The van der Waals surface area contributed by atoms with Crippen molar-refractivity contribution in [1.82, 2.24) is 5.32 Å². The number of aryl methyl sites for hydroxylation is 1. The molecule has 0 unspecified atom stereocenters. The first-order chi connectivity index (χ1) is 12.0. The molecule has 26 heavy (non-hydrogen) atoms. The van der Waals surface area contributed by atoms with Crippen LogP contribution in [0.15, 0.2) is 60.3 Å². The van der Waals surface area contributed by atoms with Crippen LogP contribution in [0.3, 0.4) is 0 Å². The summed E-state index contributed by atoms with van der Waals surface area (Å²) in [5.41, 5.74) is 2.87. The van der Waals surface area contributed by atoms with Crippen LogP contribution >= 0.6 is 11.8 Å². The number of amides is 1. The summed E-state index contributed by atoms with van der Waals surface area (Å²) in [5, 5.41) is 13.5. The van der Waals surface area contributed by atoms with Gasteiger partial charge in [-0.15, -0.1) is 0 Å². The molecule has 0 aromatic heterocycles. The van der Waals surface area contributed by atoms with E-state index >= 15 is 0 Å². The number of anilines is 1. The van der Waals surface area contributed by atoms with E-state index in [0.717, 1.165) is 17.9 Å². The first-order valence-electron chi connectivity index (χ1n) is 7.91. The van der Waals surface area contributed by atoms with Gasteiger partial charge in [-0.1, -0.05) is 29.8 Å². The molecular formula is C19H24CuN2O3S. The fraction of sp³-hybridized carbons (Fsp3) is 0.263. The van der Waals surface area contributed by atoms with Crippen molar-refractivity contribution in [3.05, 3.63) is 65.9 Å². The SMILES string of the molecule is CSCCCNC(=O)O.Cc1ccc(N/C=C2/C=CC=CC2=O)cc1.[Cu]. The van der Waals surface area contributed by atoms with Gasteiger partial charge in [0.25, 0.3) is 0 Å². The predicted molar refractivity (Wildman–Crippen MR) is 105 cm³/mol. The first-order valence-corrected chi connectivity index (χ1v) is 9.30. The average molecular weight is 424 g/mol. The van der Waals surface area contributed by atoms with E-state index in [-0.39, 0.29) is 22.9 Å². The van der Waals surface area contributed by atoms with Crippen LogP contribution < -0.4 is 10.6 Å². The van der Waals surface area contributed by atoms with Crippen LogP contribution in [0, 0.1) is 6.92 Å². The Morgan fingerprint density at radius 2 is 1.85 bits per heavy atom. The van der Waals surface area contributed by atoms with Crippen LogP contribution in [-0.4, -0.2) is 35.5 Å². The van der Waals surface area contributed by atoms with E-state index in [1.165, 1.54) is 5.56 Å². The molecule has 0 saturated carbocycles. The zero-order chi connectivity index (χ0) is 18.5. The molecule has 0 atom stereocenters. The molecule has 0 heterocycles. The van der Waals surface area contributed by atoms with Crippen molar-refractivity contribution < 1.29 is 31.8 Å². The largest absolute Gasteiger partial charge is 0.465 e. The number of rotatable bonds is 6. The average Bonchev–Trinajstić information content (AvgIpc) is 2.60. The van der Waals surface area contributed by atoms with Gasteiger partial charge in [0.2, 0.25) is 0 Å². The van der Waals surface area contributed by atoms with Crippen molar-refractivity contribution in [3.8, 4) is 0 Å². The number of hydrogen-bond donors (Lipinski definition) is 3. The second-order valence-electron chi connectivity index (χ2n) is 5.27. The van der Waals surface area contributed by atoms with Gasteiger partial charge < -0.3 is 15.7 Å². The third kappa shape index (κ3) is 10.8. The Labute approximate surface area is 169 Å². The minimum Gasteiger partial charge on any atom is -0.465 e. The van der Waals surface area contributed by atoms with Crippen molar-refractivity contribution in [2.24, 2.45) is 0 Å². The summed E-state index contributed by atoms with van der Waals surface area (Å²) in [4.78, 5) is 21.3. The quantitative estimate of drug-likeness (QED) is 0.366. The van der Waals surface area contributed by atoms with Crippen molar-refractivity contribution >= 4 is 29.3 Å². The molecule has 1 aromatic rings. The third-order valence-electron chi connectivity index (χ3n) is 3.17. The Balaban J connectivity index is 0.000000543. The Bertz CT molecular complexity index is 655. The van der Waals surface area contributed by atoms with E-state index in [1.54, 1.807) is 36.2 Å². The van der Waals surface area contributed by atoms with E-state index in [1.807, 2.05) is 43.5 Å². The number of allylic oxidation sites excluding steroid dienone is 5. The van der Waals surface area contributed by atoms with E-state index in [9.17, 15) is 9.59 Å². The molecule has 145 valence electrons. The van der Waals surface area contributed by atoms with Crippen molar-refractivity contribution in [2.75, 3.05) is 23.9 Å². The van der Waals surface area contributed by atoms with Gasteiger partial charge in [-0.25, -0.2) is 4.79 Å². The minimum atomic E-state index is -0.934.